The second kappa shape index (κ2) is 7.38. The summed E-state index contributed by atoms with van der Waals surface area (Å²) in [5, 5.41) is 4.23. The minimum absolute atomic E-state index is 0.0791. The van der Waals surface area contributed by atoms with Crippen LogP contribution in [-0.2, 0) is 11.2 Å². The summed E-state index contributed by atoms with van der Waals surface area (Å²) in [5.41, 5.74) is 3.62. The summed E-state index contributed by atoms with van der Waals surface area (Å²) in [6.45, 7) is 2.72. The molecule has 3 aromatic rings. The normalized spacial score (nSPS) is 10.8. The highest BCUT2D eigenvalue weighted by molar-refractivity contribution is 8.00. The first-order valence-electron chi connectivity index (χ1n) is 7.73. The second-order valence-corrected chi connectivity index (χ2v) is 6.61. The van der Waals surface area contributed by atoms with Gasteiger partial charge in [0.15, 0.2) is 0 Å². The molecule has 2 aromatic carbocycles. The summed E-state index contributed by atoms with van der Waals surface area (Å²) in [7, 11) is 0. The molecule has 0 saturated heterocycles. The maximum Gasteiger partial charge on any atom is 0.230 e. The molecule has 0 radical (unpaired) electrons. The number of rotatable bonds is 6. The summed E-state index contributed by atoms with van der Waals surface area (Å²) in [6.07, 6.45) is 2.86. The van der Waals surface area contributed by atoms with Gasteiger partial charge in [-0.1, -0.05) is 35.9 Å². The van der Waals surface area contributed by atoms with Crippen LogP contribution < -0.4 is 5.32 Å². The number of fused-ring (bicyclic) bond motifs is 1. The fourth-order valence-corrected chi connectivity index (χ4v) is 3.24. The average Bonchev–Trinajstić information content (AvgIpc) is 2.98. The van der Waals surface area contributed by atoms with Crippen LogP contribution in [0.5, 0.6) is 0 Å². The monoisotopic (exact) mass is 324 g/mol. The zero-order chi connectivity index (χ0) is 16.1. The van der Waals surface area contributed by atoms with Crippen LogP contribution in [0.25, 0.3) is 10.9 Å². The van der Waals surface area contributed by atoms with E-state index in [1.807, 2.05) is 18.3 Å². The van der Waals surface area contributed by atoms with Crippen molar-refractivity contribution < 1.29 is 4.79 Å². The molecule has 4 heteroatoms. The molecule has 2 N–H and O–H groups in total. The van der Waals surface area contributed by atoms with E-state index in [2.05, 4.69) is 53.6 Å². The van der Waals surface area contributed by atoms with Crippen LogP contribution in [0, 0.1) is 6.92 Å². The molecule has 3 rings (SSSR count). The number of nitrogens with one attached hydrogen (secondary N) is 2. The Hall–Kier alpha value is -2.20. The van der Waals surface area contributed by atoms with Crippen LogP contribution in [0.4, 0.5) is 0 Å². The van der Waals surface area contributed by atoms with E-state index in [9.17, 15) is 4.79 Å². The molecule has 0 unspecified atom stereocenters. The van der Waals surface area contributed by atoms with Crippen LogP contribution in [-0.4, -0.2) is 23.2 Å². The van der Waals surface area contributed by atoms with Gasteiger partial charge < -0.3 is 10.3 Å². The molecule has 1 aromatic heterocycles. The van der Waals surface area contributed by atoms with E-state index in [1.165, 1.54) is 16.5 Å². The maximum absolute atomic E-state index is 11.9. The van der Waals surface area contributed by atoms with E-state index in [4.69, 9.17) is 0 Å². The zero-order valence-electron chi connectivity index (χ0n) is 13.1. The average molecular weight is 324 g/mol. The van der Waals surface area contributed by atoms with Gasteiger partial charge in [0.2, 0.25) is 5.91 Å². The highest BCUT2D eigenvalue weighted by Crippen LogP contribution is 2.19. The third-order valence-electron chi connectivity index (χ3n) is 3.78. The molecule has 118 valence electrons. The first-order valence-corrected chi connectivity index (χ1v) is 8.72. The van der Waals surface area contributed by atoms with Gasteiger partial charge >= 0.3 is 0 Å². The minimum atomic E-state index is 0.0791. The maximum atomic E-state index is 11.9. The van der Waals surface area contributed by atoms with Gasteiger partial charge in [0.1, 0.15) is 0 Å². The Morgan fingerprint density at radius 1 is 1.13 bits per heavy atom. The predicted octanol–water partition coefficient (Wildman–Crippen LogP) is 3.93. The summed E-state index contributed by atoms with van der Waals surface area (Å²) in [5.74, 6) is 0.534. The standard InChI is InChI=1S/C19H20N2OS/c1-14-6-8-16(9-7-14)23-13-19(22)20-11-10-15-12-21-18-5-3-2-4-17(15)18/h2-9,12,21H,10-11,13H2,1H3,(H,20,22). The molecular weight excluding hydrogens is 304 g/mol. The van der Waals surface area contributed by atoms with Crippen molar-refractivity contribution in [3.05, 3.63) is 65.9 Å². The number of benzene rings is 2. The predicted molar refractivity (Wildman–Crippen MR) is 96.9 cm³/mol. The third kappa shape index (κ3) is 4.17. The minimum Gasteiger partial charge on any atom is -0.361 e. The van der Waals surface area contributed by atoms with Gasteiger partial charge in [0.25, 0.3) is 0 Å². The second-order valence-electron chi connectivity index (χ2n) is 5.56. The van der Waals surface area contributed by atoms with Gasteiger partial charge in [-0.15, -0.1) is 11.8 Å². The number of amides is 1. The van der Waals surface area contributed by atoms with Crippen molar-refractivity contribution in [1.29, 1.82) is 0 Å². The number of H-pyrrole nitrogens is 1. The van der Waals surface area contributed by atoms with Gasteiger partial charge in [-0.2, -0.15) is 0 Å². The van der Waals surface area contributed by atoms with Crippen LogP contribution in [0.2, 0.25) is 0 Å². The van der Waals surface area contributed by atoms with Gasteiger partial charge in [0, 0.05) is 28.5 Å². The number of aromatic nitrogens is 1. The van der Waals surface area contributed by atoms with Gasteiger partial charge in [-0.3, -0.25) is 4.79 Å². The number of para-hydroxylation sites is 1. The van der Waals surface area contributed by atoms with Crippen molar-refractivity contribution in [1.82, 2.24) is 10.3 Å². The summed E-state index contributed by atoms with van der Waals surface area (Å²) in [4.78, 5) is 16.3. The Bertz CT molecular complexity index is 792. The Balaban J connectivity index is 1.45. The van der Waals surface area contributed by atoms with Crippen molar-refractivity contribution in [2.45, 2.75) is 18.2 Å². The molecular formula is C19H20N2OS. The molecule has 0 aliphatic rings. The molecule has 0 atom stereocenters. The molecule has 0 aliphatic carbocycles. The molecule has 1 heterocycles. The lowest BCUT2D eigenvalue weighted by Gasteiger charge is -2.05. The smallest absolute Gasteiger partial charge is 0.230 e. The van der Waals surface area contributed by atoms with E-state index in [1.54, 1.807) is 11.8 Å². The van der Waals surface area contributed by atoms with Crippen LogP contribution >= 0.6 is 11.8 Å². The molecule has 1 amide bonds. The van der Waals surface area contributed by atoms with Crippen molar-refractivity contribution in [2.24, 2.45) is 0 Å². The van der Waals surface area contributed by atoms with Crippen molar-refractivity contribution in [3.63, 3.8) is 0 Å². The quantitative estimate of drug-likeness (QED) is 0.675. The highest BCUT2D eigenvalue weighted by atomic mass is 32.2. The lowest BCUT2D eigenvalue weighted by atomic mass is 10.1. The SMILES string of the molecule is Cc1ccc(SCC(=O)NCCc2c[nH]c3ccccc23)cc1. The highest BCUT2D eigenvalue weighted by Gasteiger charge is 2.05. The Labute approximate surface area is 140 Å². The van der Waals surface area contributed by atoms with Crippen molar-refractivity contribution >= 4 is 28.6 Å². The van der Waals surface area contributed by atoms with E-state index in [0.29, 0.717) is 12.3 Å². The molecule has 3 nitrogen and oxygen atoms in total. The number of aryl methyl sites for hydroxylation is 1. The molecule has 0 spiro atoms. The first-order chi connectivity index (χ1) is 11.2. The Kier molecular flexibility index (Phi) is 5.03. The molecule has 0 saturated carbocycles. The lowest BCUT2D eigenvalue weighted by molar-refractivity contribution is -0.118. The Morgan fingerprint density at radius 3 is 2.74 bits per heavy atom. The molecule has 0 bridgehead atoms. The van der Waals surface area contributed by atoms with Gasteiger partial charge in [-0.05, 0) is 37.1 Å². The number of hydrogen-bond acceptors (Lipinski definition) is 2. The summed E-state index contributed by atoms with van der Waals surface area (Å²) < 4.78 is 0. The van der Waals surface area contributed by atoms with Crippen molar-refractivity contribution in [3.8, 4) is 0 Å². The number of hydrogen-bond donors (Lipinski definition) is 2. The van der Waals surface area contributed by atoms with E-state index >= 15 is 0 Å². The summed E-state index contributed by atoms with van der Waals surface area (Å²) >= 11 is 1.57. The topological polar surface area (TPSA) is 44.9 Å². The summed E-state index contributed by atoms with van der Waals surface area (Å²) in [6, 6.07) is 16.5. The zero-order valence-corrected chi connectivity index (χ0v) is 14.0. The third-order valence-corrected chi connectivity index (χ3v) is 4.79. The van der Waals surface area contributed by atoms with Crippen LogP contribution in [0.15, 0.2) is 59.6 Å². The van der Waals surface area contributed by atoms with Gasteiger partial charge in [-0.25, -0.2) is 0 Å². The van der Waals surface area contributed by atoms with Gasteiger partial charge in [0.05, 0.1) is 5.75 Å². The van der Waals surface area contributed by atoms with E-state index < -0.39 is 0 Å². The fraction of sp³-hybridized carbons (Fsp3) is 0.211. The van der Waals surface area contributed by atoms with Crippen LogP contribution in [0.1, 0.15) is 11.1 Å². The number of carbonyl (C=O) groups excluding carboxylic acids is 1. The fourth-order valence-electron chi connectivity index (χ4n) is 2.51. The largest absolute Gasteiger partial charge is 0.361 e. The Morgan fingerprint density at radius 2 is 1.91 bits per heavy atom. The first kappa shape index (κ1) is 15.7. The van der Waals surface area contributed by atoms with Crippen molar-refractivity contribution in [2.75, 3.05) is 12.3 Å². The van der Waals surface area contributed by atoms with E-state index in [-0.39, 0.29) is 5.91 Å². The molecule has 23 heavy (non-hydrogen) atoms. The number of thioether (sulfide) groups is 1. The molecule has 0 fully saturated rings. The van der Waals surface area contributed by atoms with Crippen LogP contribution in [0.3, 0.4) is 0 Å². The van der Waals surface area contributed by atoms with E-state index in [0.717, 1.165) is 16.8 Å². The lowest BCUT2D eigenvalue weighted by Crippen LogP contribution is -2.27. The molecule has 0 aliphatic heterocycles. The number of aromatic amines is 1. The number of carbonyl (C=O) groups is 1.